The Labute approximate surface area is 122 Å². The fourth-order valence-corrected chi connectivity index (χ4v) is 1.92. The Bertz CT molecular complexity index is 678. The highest BCUT2D eigenvalue weighted by Crippen LogP contribution is 2.19. The number of carbonyl (C=O) groups is 2. The molecule has 0 fully saturated rings. The van der Waals surface area contributed by atoms with Crippen molar-refractivity contribution in [3.63, 3.8) is 0 Å². The van der Waals surface area contributed by atoms with Crippen LogP contribution in [0.25, 0.3) is 0 Å². The number of halogens is 1. The Balaban J connectivity index is 2.10. The summed E-state index contributed by atoms with van der Waals surface area (Å²) in [7, 11) is 0. The fraction of sp³-hybridized carbons (Fsp3) is 0.125. The number of anilines is 2. The molecule has 2 rings (SSSR count). The molecule has 5 heteroatoms. The Morgan fingerprint density at radius 1 is 0.857 bits per heavy atom. The number of rotatable bonds is 2. The van der Waals surface area contributed by atoms with Gasteiger partial charge in [0.2, 0.25) is 0 Å². The summed E-state index contributed by atoms with van der Waals surface area (Å²) in [6.45, 7) is 3.66. The molecule has 0 saturated heterocycles. The third-order valence-electron chi connectivity index (χ3n) is 3.05. The first-order valence-electron chi connectivity index (χ1n) is 6.42. The van der Waals surface area contributed by atoms with Gasteiger partial charge in [-0.05, 0) is 37.1 Å². The minimum absolute atomic E-state index is 0.0286. The van der Waals surface area contributed by atoms with Crippen LogP contribution in [0, 0.1) is 19.7 Å². The topological polar surface area (TPSA) is 58.2 Å². The van der Waals surface area contributed by atoms with Crippen LogP contribution >= 0.6 is 0 Å². The first-order valence-corrected chi connectivity index (χ1v) is 6.42. The van der Waals surface area contributed by atoms with Gasteiger partial charge in [-0.3, -0.25) is 9.59 Å². The summed E-state index contributed by atoms with van der Waals surface area (Å²) in [6, 6.07) is 11.2. The van der Waals surface area contributed by atoms with Crippen molar-refractivity contribution in [2.75, 3.05) is 10.6 Å². The number of amides is 2. The molecule has 0 atom stereocenters. The molecule has 0 aromatic heterocycles. The van der Waals surface area contributed by atoms with Crippen molar-refractivity contribution in [3.8, 4) is 0 Å². The second kappa shape index (κ2) is 6.17. The summed E-state index contributed by atoms with van der Waals surface area (Å²) >= 11 is 0. The number of carbonyl (C=O) groups excluding carboxylic acids is 2. The molecule has 2 amide bonds. The zero-order valence-corrected chi connectivity index (χ0v) is 11.7. The van der Waals surface area contributed by atoms with E-state index in [0.717, 1.165) is 11.1 Å². The maximum atomic E-state index is 13.4. The normalized spacial score (nSPS) is 10.0. The van der Waals surface area contributed by atoms with Crippen LogP contribution in [0.3, 0.4) is 0 Å². The third-order valence-corrected chi connectivity index (χ3v) is 3.05. The Hall–Kier alpha value is -2.69. The molecule has 0 aliphatic carbocycles. The Morgan fingerprint density at radius 3 is 2.05 bits per heavy atom. The van der Waals surface area contributed by atoms with E-state index in [1.165, 1.54) is 18.2 Å². The number of aryl methyl sites for hydroxylation is 2. The molecule has 108 valence electrons. The van der Waals surface area contributed by atoms with Crippen molar-refractivity contribution in [1.29, 1.82) is 0 Å². The van der Waals surface area contributed by atoms with E-state index >= 15 is 0 Å². The van der Waals surface area contributed by atoms with Crippen LogP contribution in [0.15, 0.2) is 42.5 Å². The average molecular weight is 286 g/mol. The standard InChI is InChI=1S/C16H15FN2O2/c1-10-6-5-7-11(2)14(10)19-16(21)15(20)18-13-9-4-3-8-12(13)17/h3-9H,1-2H3,(H,18,20)(H,19,21). The summed E-state index contributed by atoms with van der Waals surface area (Å²) in [5, 5.41) is 4.79. The number of hydrogen-bond acceptors (Lipinski definition) is 2. The molecule has 0 aliphatic heterocycles. The van der Waals surface area contributed by atoms with Gasteiger partial charge in [0.25, 0.3) is 0 Å². The molecule has 0 saturated carbocycles. The van der Waals surface area contributed by atoms with Crippen molar-refractivity contribution >= 4 is 23.2 Å². The van der Waals surface area contributed by atoms with Crippen molar-refractivity contribution < 1.29 is 14.0 Å². The molecule has 2 N–H and O–H groups in total. The highest BCUT2D eigenvalue weighted by atomic mass is 19.1. The number of nitrogens with one attached hydrogen (secondary N) is 2. The van der Waals surface area contributed by atoms with Gasteiger partial charge in [-0.25, -0.2) is 4.39 Å². The molecule has 0 radical (unpaired) electrons. The van der Waals surface area contributed by atoms with Crippen LogP contribution in [0.1, 0.15) is 11.1 Å². The van der Waals surface area contributed by atoms with Crippen LogP contribution in [0.4, 0.5) is 15.8 Å². The Morgan fingerprint density at radius 2 is 1.43 bits per heavy atom. The predicted octanol–water partition coefficient (Wildman–Crippen LogP) is 3.02. The molecule has 4 nitrogen and oxygen atoms in total. The van der Waals surface area contributed by atoms with Crippen molar-refractivity contribution in [1.82, 2.24) is 0 Å². The molecule has 0 heterocycles. The van der Waals surface area contributed by atoms with Crippen LogP contribution < -0.4 is 10.6 Å². The van der Waals surface area contributed by atoms with Crippen LogP contribution in [0.5, 0.6) is 0 Å². The molecule has 2 aromatic carbocycles. The van der Waals surface area contributed by atoms with E-state index in [0.29, 0.717) is 5.69 Å². The maximum absolute atomic E-state index is 13.4. The smallest absolute Gasteiger partial charge is 0.314 e. The molecular weight excluding hydrogens is 271 g/mol. The molecule has 0 aliphatic rings. The number of hydrogen-bond donors (Lipinski definition) is 2. The van der Waals surface area contributed by atoms with Crippen molar-refractivity contribution in [2.24, 2.45) is 0 Å². The van der Waals surface area contributed by atoms with Gasteiger partial charge in [-0.15, -0.1) is 0 Å². The molecule has 0 bridgehead atoms. The van der Waals surface area contributed by atoms with Crippen molar-refractivity contribution in [2.45, 2.75) is 13.8 Å². The second-order valence-electron chi connectivity index (χ2n) is 4.65. The number of benzene rings is 2. The summed E-state index contributed by atoms with van der Waals surface area (Å²) in [5.74, 6) is -2.34. The fourth-order valence-electron chi connectivity index (χ4n) is 1.92. The van der Waals surface area contributed by atoms with E-state index in [4.69, 9.17) is 0 Å². The van der Waals surface area contributed by atoms with Crippen molar-refractivity contribution in [3.05, 3.63) is 59.4 Å². The highest BCUT2D eigenvalue weighted by molar-refractivity contribution is 6.43. The van der Waals surface area contributed by atoms with Gasteiger partial charge in [0, 0.05) is 5.69 Å². The van der Waals surface area contributed by atoms with Gasteiger partial charge in [0.1, 0.15) is 5.82 Å². The zero-order chi connectivity index (χ0) is 15.4. The van der Waals surface area contributed by atoms with Crippen LogP contribution in [-0.2, 0) is 9.59 Å². The summed E-state index contributed by atoms with van der Waals surface area (Å²) in [6.07, 6.45) is 0. The maximum Gasteiger partial charge on any atom is 0.314 e. The molecule has 2 aromatic rings. The second-order valence-corrected chi connectivity index (χ2v) is 4.65. The van der Waals surface area contributed by atoms with Gasteiger partial charge >= 0.3 is 11.8 Å². The minimum Gasteiger partial charge on any atom is -0.317 e. The monoisotopic (exact) mass is 286 g/mol. The first-order chi connectivity index (χ1) is 9.99. The molecule has 0 spiro atoms. The first kappa shape index (κ1) is 14.7. The van der Waals surface area contributed by atoms with Gasteiger partial charge in [0.05, 0.1) is 5.69 Å². The summed E-state index contributed by atoms with van der Waals surface area (Å²) < 4.78 is 13.4. The van der Waals surface area contributed by atoms with Gasteiger partial charge in [0.15, 0.2) is 0 Å². The van der Waals surface area contributed by atoms with E-state index < -0.39 is 17.6 Å². The quantitative estimate of drug-likeness (QED) is 0.834. The lowest BCUT2D eigenvalue weighted by Crippen LogP contribution is -2.30. The SMILES string of the molecule is Cc1cccc(C)c1NC(=O)C(=O)Nc1ccccc1F. The zero-order valence-electron chi connectivity index (χ0n) is 11.7. The Kier molecular flexibility index (Phi) is 4.33. The highest BCUT2D eigenvalue weighted by Gasteiger charge is 2.17. The van der Waals surface area contributed by atoms with Gasteiger partial charge in [-0.2, -0.15) is 0 Å². The van der Waals surface area contributed by atoms with Crippen LogP contribution in [0.2, 0.25) is 0 Å². The minimum atomic E-state index is -0.914. The average Bonchev–Trinajstić information content (AvgIpc) is 2.45. The summed E-state index contributed by atoms with van der Waals surface area (Å²) in [4.78, 5) is 23.7. The van der Waals surface area contributed by atoms with E-state index in [1.54, 1.807) is 6.07 Å². The third kappa shape index (κ3) is 3.45. The van der Waals surface area contributed by atoms with Gasteiger partial charge in [-0.1, -0.05) is 30.3 Å². The van der Waals surface area contributed by atoms with E-state index in [2.05, 4.69) is 10.6 Å². The molecule has 21 heavy (non-hydrogen) atoms. The van der Waals surface area contributed by atoms with Gasteiger partial charge < -0.3 is 10.6 Å². The van der Waals surface area contributed by atoms with E-state index in [9.17, 15) is 14.0 Å². The predicted molar refractivity (Wildman–Crippen MR) is 79.6 cm³/mol. The lowest BCUT2D eigenvalue weighted by atomic mass is 10.1. The summed E-state index contributed by atoms with van der Waals surface area (Å²) in [5.41, 5.74) is 2.26. The van der Waals surface area contributed by atoms with E-state index in [-0.39, 0.29) is 5.69 Å². The van der Waals surface area contributed by atoms with E-state index in [1.807, 2.05) is 32.0 Å². The molecular formula is C16H15FN2O2. The molecule has 0 unspecified atom stereocenters. The number of para-hydroxylation sites is 2. The lowest BCUT2D eigenvalue weighted by Gasteiger charge is -2.11. The van der Waals surface area contributed by atoms with Crippen LogP contribution in [-0.4, -0.2) is 11.8 Å². The lowest BCUT2D eigenvalue weighted by molar-refractivity contribution is -0.133. The largest absolute Gasteiger partial charge is 0.317 e.